The standard InChI is InChI=1S/C26H23N3O5/c1-2-15-13-21(30)34-25-22(15)24(32)28-26(29-25)33-14-18-6-3-4-9-20(18)16-7-5-8-17(12-16)23(31)27-19-10-11-19/h3-9,12-13,19H,2,10-11,14H2,1H3,(H,27,31)(H,28,29,32). The van der Waals surface area contributed by atoms with Crippen LogP contribution in [0.2, 0.25) is 0 Å². The Bertz CT molecular complexity index is 1500. The number of carbonyl (C=O) groups excluding carboxylic acids is 1. The van der Waals surface area contributed by atoms with Gasteiger partial charge in [-0.2, -0.15) is 4.98 Å². The number of hydrogen-bond donors (Lipinski definition) is 2. The number of benzene rings is 2. The summed E-state index contributed by atoms with van der Waals surface area (Å²) in [5, 5.41) is 3.25. The minimum absolute atomic E-state index is 0.0405. The lowest BCUT2D eigenvalue weighted by atomic mass is 9.98. The van der Waals surface area contributed by atoms with Gasteiger partial charge in [0.15, 0.2) is 0 Å². The summed E-state index contributed by atoms with van der Waals surface area (Å²) in [7, 11) is 0. The van der Waals surface area contributed by atoms with Crippen LogP contribution in [0.25, 0.3) is 22.2 Å². The van der Waals surface area contributed by atoms with E-state index in [1.165, 1.54) is 6.07 Å². The molecule has 172 valence electrons. The van der Waals surface area contributed by atoms with Gasteiger partial charge >= 0.3 is 5.63 Å². The number of aryl methyl sites for hydroxylation is 1. The van der Waals surface area contributed by atoms with Crippen LogP contribution < -0.4 is 21.2 Å². The van der Waals surface area contributed by atoms with Gasteiger partial charge in [-0.05, 0) is 53.6 Å². The minimum atomic E-state index is -0.565. The fourth-order valence-corrected chi connectivity index (χ4v) is 3.87. The monoisotopic (exact) mass is 457 g/mol. The number of ether oxygens (including phenoxy) is 1. The molecule has 1 amide bonds. The summed E-state index contributed by atoms with van der Waals surface area (Å²) < 4.78 is 10.9. The molecule has 8 heteroatoms. The number of fused-ring (bicyclic) bond motifs is 1. The van der Waals surface area contributed by atoms with Gasteiger partial charge < -0.3 is 14.5 Å². The molecule has 2 aromatic carbocycles. The molecule has 2 heterocycles. The number of nitrogens with one attached hydrogen (secondary N) is 2. The van der Waals surface area contributed by atoms with E-state index in [-0.39, 0.29) is 35.7 Å². The van der Waals surface area contributed by atoms with Crippen LogP contribution in [0, 0.1) is 0 Å². The minimum Gasteiger partial charge on any atom is -0.460 e. The number of carbonyl (C=O) groups is 1. The number of nitrogens with zero attached hydrogens (tertiary/aromatic N) is 1. The Balaban J connectivity index is 1.42. The molecule has 2 aromatic heterocycles. The molecular weight excluding hydrogens is 434 g/mol. The number of rotatable bonds is 7. The van der Waals surface area contributed by atoms with E-state index in [2.05, 4.69) is 15.3 Å². The van der Waals surface area contributed by atoms with E-state index in [1.54, 1.807) is 6.07 Å². The molecule has 0 spiro atoms. The maximum Gasteiger partial charge on any atom is 0.337 e. The van der Waals surface area contributed by atoms with Crippen molar-refractivity contribution in [3.8, 4) is 17.1 Å². The maximum atomic E-state index is 12.6. The topological polar surface area (TPSA) is 114 Å². The van der Waals surface area contributed by atoms with Gasteiger partial charge in [0.2, 0.25) is 5.71 Å². The van der Waals surface area contributed by atoms with Gasteiger partial charge in [0, 0.05) is 17.7 Å². The number of aromatic nitrogens is 2. The van der Waals surface area contributed by atoms with E-state index in [0.29, 0.717) is 17.5 Å². The molecule has 0 unspecified atom stereocenters. The Kier molecular flexibility index (Phi) is 5.71. The zero-order valence-corrected chi connectivity index (χ0v) is 18.6. The highest BCUT2D eigenvalue weighted by molar-refractivity contribution is 5.96. The Morgan fingerprint density at radius 3 is 2.74 bits per heavy atom. The van der Waals surface area contributed by atoms with Crippen LogP contribution in [0.1, 0.15) is 41.3 Å². The van der Waals surface area contributed by atoms with Gasteiger partial charge in [0.1, 0.15) is 12.0 Å². The molecule has 1 aliphatic carbocycles. The average Bonchev–Trinajstić information content (AvgIpc) is 3.66. The Labute approximate surface area is 194 Å². The fraction of sp³-hybridized carbons (Fsp3) is 0.231. The lowest BCUT2D eigenvalue weighted by Crippen LogP contribution is -2.25. The molecule has 1 saturated carbocycles. The van der Waals surface area contributed by atoms with Crippen molar-refractivity contribution in [3.05, 3.63) is 92.1 Å². The van der Waals surface area contributed by atoms with Crippen molar-refractivity contribution < 1.29 is 13.9 Å². The van der Waals surface area contributed by atoms with E-state index in [9.17, 15) is 14.4 Å². The second-order valence-electron chi connectivity index (χ2n) is 8.27. The van der Waals surface area contributed by atoms with E-state index in [1.807, 2.05) is 49.4 Å². The lowest BCUT2D eigenvalue weighted by Gasteiger charge is -2.12. The van der Waals surface area contributed by atoms with Crippen molar-refractivity contribution in [2.75, 3.05) is 0 Å². The van der Waals surface area contributed by atoms with Crippen molar-refractivity contribution in [2.24, 2.45) is 0 Å². The highest BCUT2D eigenvalue weighted by Crippen LogP contribution is 2.26. The molecule has 2 N–H and O–H groups in total. The van der Waals surface area contributed by atoms with Gasteiger partial charge in [-0.25, -0.2) is 4.79 Å². The summed E-state index contributed by atoms with van der Waals surface area (Å²) in [5.74, 6) is -0.0797. The molecule has 5 rings (SSSR count). The largest absolute Gasteiger partial charge is 0.460 e. The lowest BCUT2D eigenvalue weighted by molar-refractivity contribution is 0.0951. The third-order valence-electron chi connectivity index (χ3n) is 5.79. The first kappa shape index (κ1) is 21.6. The first-order valence-corrected chi connectivity index (χ1v) is 11.2. The Morgan fingerprint density at radius 2 is 1.94 bits per heavy atom. The average molecular weight is 457 g/mol. The fourth-order valence-electron chi connectivity index (χ4n) is 3.87. The quantitative estimate of drug-likeness (QED) is 0.438. The molecule has 34 heavy (non-hydrogen) atoms. The molecule has 4 aromatic rings. The van der Waals surface area contributed by atoms with E-state index in [0.717, 1.165) is 29.5 Å². The smallest absolute Gasteiger partial charge is 0.337 e. The van der Waals surface area contributed by atoms with Crippen LogP contribution >= 0.6 is 0 Å². The van der Waals surface area contributed by atoms with Crippen LogP contribution in [0.5, 0.6) is 6.01 Å². The molecule has 0 atom stereocenters. The molecule has 8 nitrogen and oxygen atoms in total. The zero-order chi connectivity index (χ0) is 23.7. The Hall–Kier alpha value is -4.20. The van der Waals surface area contributed by atoms with Crippen LogP contribution in [-0.2, 0) is 13.0 Å². The summed E-state index contributed by atoms with van der Waals surface area (Å²) in [6.45, 7) is 1.96. The van der Waals surface area contributed by atoms with Gasteiger partial charge in [-0.1, -0.05) is 43.3 Å². The van der Waals surface area contributed by atoms with Crippen molar-refractivity contribution in [2.45, 2.75) is 38.8 Å². The second kappa shape index (κ2) is 8.97. The van der Waals surface area contributed by atoms with E-state index < -0.39 is 11.2 Å². The van der Waals surface area contributed by atoms with Gasteiger partial charge in [-0.15, -0.1) is 0 Å². The van der Waals surface area contributed by atoms with Crippen molar-refractivity contribution in [1.82, 2.24) is 15.3 Å². The number of aromatic amines is 1. The van der Waals surface area contributed by atoms with Gasteiger partial charge in [0.05, 0.1) is 0 Å². The van der Waals surface area contributed by atoms with Crippen LogP contribution in [0.15, 0.2) is 68.6 Å². The summed E-state index contributed by atoms with van der Waals surface area (Å²) in [6.07, 6.45) is 2.55. The molecular formula is C26H23N3O5. The molecule has 0 radical (unpaired) electrons. The molecule has 0 saturated heterocycles. The van der Waals surface area contributed by atoms with E-state index >= 15 is 0 Å². The van der Waals surface area contributed by atoms with Crippen LogP contribution in [0.4, 0.5) is 0 Å². The van der Waals surface area contributed by atoms with Gasteiger partial charge in [0.25, 0.3) is 17.5 Å². The molecule has 1 fully saturated rings. The molecule has 0 aliphatic heterocycles. The normalized spacial score (nSPS) is 13.1. The first-order chi connectivity index (χ1) is 16.5. The maximum absolute atomic E-state index is 12.6. The Morgan fingerprint density at radius 1 is 1.12 bits per heavy atom. The molecule has 0 bridgehead atoms. The predicted octanol–water partition coefficient (Wildman–Crippen LogP) is 3.58. The second-order valence-corrected chi connectivity index (χ2v) is 8.27. The SMILES string of the molecule is CCc1cc(=O)oc2nc(OCc3ccccc3-c3cccc(C(=O)NC4CC4)c3)[nH]c(=O)c12. The summed E-state index contributed by atoms with van der Waals surface area (Å²) in [6, 6.07) is 16.6. The summed E-state index contributed by atoms with van der Waals surface area (Å²) >= 11 is 0. The zero-order valence-electron chi connectivity index (χ0n) is 18.6. The van der Waals surface area contributed by atoms with Gasteiger partial charge in [-0.3, -0.25) is 14.6 Å². The molecule has 1 aliphatic rings. The predicted molar refractivity (Wildman–Crippen MR) is 127 cm³/mol. The van der Waals surface area contributed by atoms with Crippen molar-refractivity contribution >= 4 is 17.0 Å². The highest BCUT2D eigenvalue weighted by atomic mass is 16.5. The highest BCUT2D eigenvalue weighted by Gasteiger charge is 2.24. The number of hydrogen-bond acceptors (Lipinski definition) is 6. The van der Waals surface area contributed by atoms with Crippen molar-refractivity contribution in [3.63, 3.8) is 0 Å². The summed E-state index contributed by atoms with van der Waals surface area (Å²) in [5.41, 5.74) is 2.74. The van der Waals surface area contributed by atoms with Crippen LogP contribution in [-0.4, -0.2) is 21.9 Å². The summed E-state index contributed by atoms with van der Waals surface area (Å²) in [4.78, 5) is 43.7. The number of amides is 1. The van der Waals surface area contributed by atoms with E-state index in [4.69, 9.17) is 9.15 Å². The third kappa shape index (κ3) is 4.47. The third-order valence-corrected chi connectivity index (χ3v) is 5.79. The van der Waals surface area contributed by atoms with Crippen molar-refractivity contribution in [1.29, 1.82) is 0 Å². The van der Waals surface area contributed by atoms with Crippen LogP contribution in [0.3, 0.4) is 0 Å². The number of H-pyrrole nitrogens is 1. The first-order valence-electron chi connectivity index (χ1n) is 11.2.